The number of hydrogen-bond donors (Lipinski definition) is 21. The van der Waals surface area contributed by atoms with Gasteiger partial charge in [0, 0.05) is 42.8 Å². The number of esters is 1. The standard InChI is InChI=1S/C69H103N15O26/c1-7-34(3)16-11-9-10-12-20-49(86)76-44(26-38-30-71-40-18-14-13-17-39(38)40)65(105)78-42(21-23-52(89)90)62(102)82-47(29-56(97)98)66(106)84-58-37(6)110-69(109)57(35(4)8-2)83-63(103)43(22-24-53(91)92)79-67(107)48(33-85)77-51(88)31-72-60(100)45(27-54(93)94)80-59(99)36(5)74-64(104)46(28-55(95)96)81-61(101)41(19-15-25-70)75-50(87)32-73-68(58)108/h13-14,17-18,30,34-37,41-48,57-58,71,85H,7-12,15-16,19-29,31-33,70H2,1-6H3,(H,72,100)(H,73,108)(H,74,104)(H,75,87)(H,76,86)(H,77,88)(H,78,105)(H,79,107)(H,80,99)(H,81,101)(H,82,102)(H,83,103)(H,84,106)(H,89,90)(H,91,92)(H,93,94)(H,95,96)(H,97,98). The Morgan fingerprint density at radius 2 is 1.08 bits per heavy atom. The monoisotopic (exact) mass is 1560 g/mol. The fraction of sp³-hybridized carbons (Fsp3) is 0.609. The second kappa shape index (κ2) is 47.4. The maximum Gasteiger partial charge on any atom is 0.329 e. The van der Waals surface area contributed by atoms with Gasteiger partial charge < -0.3 is 115 Å². The van der Waals surface area contributed by atoms with E-state index in [9.17, 15) is 122 Å². The van der Waals surface area contributed by atoms with Gasteiger partial charge in [-0.1, -0.05) is 84.4 Å². The van der Waals surface area contributed by atoms with E-state index in [2.05, 4.69) is 72.0 Å². The third-order valence-corrected chi connectivity index (χ3v) is 17.8. The maximum absolute atomic E-state index is 14.7. The lowest BCUT2D eigenvalue weighted by Gasteiger charge is -2.30. The molecule has 2 heterocycles. The minimum atomic E-state index is -2.31. The van der Waals surface area contributed by atoms with Gasteiger partial charge in [-0.15, -0.1) is 0 Å². The predicted octanol–water partition coefficient (Wildman–Crippen LogP) is -4.44. The second-order valence-corrected chi connectivity index (χ2v) is 26.6. The van der Waals surface area contributed by atoms with Gasteiger partial charge in [0.1, 0.15) is 72.6 Å². The largest absolute Gasteiger partial charge is 0.481 e. The highest BCUT2D eigenvalue weighted by Gasteiger charge is 2.40. The highest BCUT2D eigenvalue weighted by atomic mass is 16.5. The number of carbonyl (C=O) groups excluding carboxylic acids is 14. The number of rotatable bonds is 35. The molecule has 0 saturated carbocycles. The second-order valence-electron chi connectivity index (χ2n) is 26.6. The number of unbranched alkanes of at least 4 members (excludes halogenated alkanes) is 3. The number of carbonyl (C=O) groups is 19. The van der Waals surface area contributed by atoms with Crippen LogP contribution in [0.5, 0.6) is 0 Å². The first-order valence-electron chi connectivity index (χ1n) is 35.9. The summed E-state index contributed by atoms with van der Waals surface area (Å²) in [5.74, 6) is -26.6. The maximum atomic E-state index is 14.7. The number of hydrogen-bond acceptors (Lipinski definition) is 22. The summed E-state index contributed by atoms with van der Waals surface area (Å²) in [5.41, 5.74) is 6.91. The van der Waals surface area contributed by atoms with E-state index in [1.54, 1.807) is 30.5 Å². The first kappa shape index (κ1) is 92.8. The van der Waals surface area contributed by atoms with E-state index in [1.807, 2.05) is 16.0 Å². The van der Waals surface area contributed by atoms with E-state index in [1.165, 1.54) is 13.8 Å². The van der Waals surface area contributed by atoms with Crippen molar-refractivity contribution in [1.82, 2.24) is 74.1 Å². The van der Waals surface area contributed by atoms with Crippen molar-refractivity contribution in [2.75, 3.05) is 26.2 Å². The van der Waals surface area contributed by atoms with Gasteiger partial charge >= 0.3 is 35.8 Å². The van der Waals surface area contributed by atoms with Gasteiger partial charge in [-0.05, 0) is 76.0 Å². The van der Waals surface area contributed by atoms with Crippen LogP contribution in [0.3, 0.4) is 0 Å². The van der Waals surface area contributed by atoms with Gasteiger partial charge in [0.15, 0.2) is 0 Å². The number of benzene rings is 1. The molecule has 0 bridgehead atoms. The van der Waals surface area contributed by atoms with Crippen molar-refractivity contribution in [1.29, 1.82) is 0 Å². The summed E-state index contributed by atoms with van der Waals surface area (Å²) in [5, 5.41) is 88.5. The summed E-state index contributed by atoms with van der Waals surface area (Å²) in [4.78, 5) is 259. The smallest absolute Gasteiger partial charge is 0.329 e. The number of aliphatic carboxylic acids is 5. The summed E-state index contributed by atoms with van der Waals surface area (Å²) >= 11 is 0. The van der Waals surface area contributed by atoms with Gasteiger partial charge in [0.2, 0.25) is 76.8 Å². The molecule has 14 atom stereocenters. The van der Waals surface area contributed by atoms with Crippen LogP contribution in [0.2, 0.25) is 0 Å². The van der Waals surface area contributed by atoms with Crippen LogP contribution < -0.4 is 74.9 Å². The molecule has 22 N–H and O–H groups in total. The zero-order valence-electron chi connectivity index (χ0n) is 62.0. The number of aliphatic hydroxyl groups excluding tert-OH is 1. The van der Waals surface area contributed by atoms with Gasteiger partial charge in [-0.25, -0.2) is 4.79 Å². The van der Waals surface area contributed by atoms with E-state index in [4.69, 9.17) is 10.5 Å². The lowest BCUT2D eigenvalue weighted by Crippen LogP contribution is -2.61. The molecule has 0 spiro atoms. The van der Waals surface area contributed by atoms with Gasteiger partial charge in [0.25, 0.3) is 0 Å². The number of amides is 13. The third-order valence-electron chi connectivity index (χ3n) is 17.8. The number of carboxylic acid groups (broad SMARTS) is 5. The van der Waals surface area contributed by atoms with Crippen LogP contribution in [0.1, 0.15) is 156 Å². The molecule has 1 aliphatic rings. The first-order chi connectivity index (χ1) is 51.9. The van der Waals surface area contributed by atoms with Crippen molar-refractivity contribution in [3.05, 3.63) is 36.0 Å². The number of fused-ring (bicyclic) bond motifs is 1. The Morgan fingerprint density at radius 3 is 1.68 bits per heavy atom. The lowest BCUT2D eigenvalue weighted by molar-refractivity contribution is -0.157. The molecule has 13 amide bonds. The number of ether oxygens (including phenoxy) is 1. The van der Waals surface area contributed by atoms with Crippen LogP contribution in [0.15, 0.2) is 30.5 Å². The van der Waals surface area contributed by atoms with Gasteiger partial charge in [0.05, 0.1) is 39.0 Å². The summed E-state index contributed by atoms with van der Waals surface area (Å²) in [6.07, 6.45) is -2.90. The zero-order chi connectivity index (χ0) is 82.5. The van der Waals surface area contributed by atoms with E-state index >= 15 is 0 Å². The highest BCUT2D eigenvalue weighted by Crippen LogP contribution is 2.21. The molecule has 1 aromatic heterocycles. The number of nitrogens with two attached hydrogens (primary N) is 1. The summed E-state index contributed by atoms with van der Waals surface area (Å²) < 4.78 is 5.70. The molecule has 610 valence electrons. The molecular weight excluding hydrogens is 1450 g/mol. The van der Waals surface area contributed by atoms with Crippen molar-refractivity contribution < 1.29 is 126 Å². The molecule has 0 radical (unpaired) electrons. The van der Waals surface area contributed by atoms with Crippen LogP contribution in [0, 0.1) is 11.8 Å². The number of aliphatic hydroxyl groups is 1. The highest BCUT2D eigenvalue weighted by molar-refractivity contribution is 6.01. The number of para-hydroxylation sites is 1. The summed E-state index contributed by atoms with van der Waals surface area (Å²) in [6.45, 7) is 5.42. The van der Waals surface area contributed by atoms with E-state index < -0.39 is 256 Å². The Hall–Kier alpha value is -11.4. The Labute approximate surface area is 631 Å². The minimum Gasteiger partial charge on any atom is -0.481 e. The van der Waals surface area contributed by atoms with Crippen molar-refractivity contribution in [3.63, 3.8) is 0 Å². The molecule has 41 nitrogen and oxygen atoms in total. The predicted molar refractivity (Wildman–Crippen MR) is 383 cm³/mol. The first-order valence-corrected chi connectivity index (χ1v) is 35.9. The Bertz CT molecular complexity index is 3610. The average Bonchev–Trinajstić information content (AvgIpc) is 1.69. The number of carboxylic acids is 5. The van der Waals surface area contributed by atoms with Crippen LogP contribution >= 0.6 is 0 Å². The lowest BCUT2D eigenvalue weighted by atomic mass is 9.98. The van der Waals surface area contributed by atoms with Crippen LogP contribution in [-0.2, 0) is 102 Å². The fourth-order valence-corrected chi connectivity index (χ4v) is 11.1. The summed E-state index contributed by atoms with van der Waals surface area (Å²) in [7, 11) is 0. The van der Waals surface area contributed by atoms with Crippen molar-refractivity contribution in [2.24, 2.45) is 17.6 Å². The van der Waals surface area contributed by atoms with E-state index in [0.717, 1.165) is 39.5 Å². The number of nitrogens with one attached hydrogen (secondary N) is 14. The van der Waals surface area contributed by atoms with Crippen molar-refractivity contribution >= 4 is 124 Å². The molecular formula is C69H103N15O26. The molecule has 1 aliphatic heterocycles. The normalized spacial score (nSPS) is 22.0. The molecule has 110 heavy (non-hydrogen) atoms. The number of H-pyrrole nitrogens is 1. The van der Waals surface area contributed by atoms with Crippen molar-refractivity contribution in [2.45, 2.75) is 230 Å². The minimum absolute atomic E-state index is 0.00241. The van der Waals surface area contributed by atoms with E-state index in [0.29, 0.717) is 35.2 Å². The molecule has 1 saturated heterocycles. The Balaban J connectivity index is 2.19. The fourth-order valence-electron chi connectivity index (χ4n) is 11.1. The topological polar surface area (TPSA) is 653 Å². The number of aromatic amines is 1. The molecule has 2 aromatic rings. The molecule has 14 unspecified atom stereocenters. The molecule has 3 rings (SSSR count). The number of aromatic nitrogens is 1. The third kappa shape index (κ3) is 33.0. The SMILES string of the molecule is CCC(C)CCCCCCC(=O)NC(Cc1c[nH]c2ccccc12)C(=O)NC(CCC(=O)O)C(=O)NC(CC(=O)O)C(=O)NC1C(=O)NCC(=O)NC(CCCN)C(=O)NC(CC(=O)O)C(=O)NC(C)C(=O)NC(CC(=O)O)C(=O)NCC(=O)NC(CO)C(=O)NC(CCC(=O)O)C(=O)NC(C(C)CC)C(=O)OC1C. The van der Waals surface area contributed by atoms with Crippen LogP contribution in [-0.4, -0.2) is 247 Å². The summed E-state index contributed by atoms with van der Waals surface area (Å²) in [6, 6.07) is -14.4. The van der Waals surface area contributed by atoms with Crippen LogP contribution in [0.4, 0.5) is 0 Å². The van der Waals surface area contributed by atoms with E-state index in [-0.39, 0.29) is 38.6 Å². The Kier molecular flexibility index (Phi) is 40.0. The molecule has 41 heteroatoms. The van der Waals surface area contributed by atoms with Crippen LogP contribution in [0.25, 0.3) is 10.9 Å². The quantitative estimate of drug-likeness (QED) is 0.0229. The average molecular weight is 1560 g/mol. The molecule has 0 aliphatic carbocycles. The van der Waals surface area contributed by atoms with Crippen molar-refractivity contribution in [3.8, 4) is 0 Å². The number of cyclic esters (lactones) is 1. The van der Waals surface area contributed by atoms with Gasteiger partial charge in [-0.2, -0.15) is 0 Å². The molecule has 1 fully saturated rings. The zero-order valence-corrected chi connectivity index (χ0v) is 62.0. The molecule has 1 aromatic carbocycles. The van der Waals surface area contributed by atoms with Gasteiger partial charge in [-0.3, -0.25) is 86.3 Å². The Morgan fingerprint density at radius 1 is 0.536 bits per heavy atom.